The third-order valence-electron chi connectivity index (χ3n) is 3.66. The molecule has 0 bridgehead atoms. The molecule has 3 aromatic rings. The van der Waals surface area contributed by atoms with Gasteiger partial charge in [-0.3, -0.25) is 4.79 Å². The lowest BCUT2D eigenvalue weighted by Crippen LogP contribution is -2.23. The average Bonchev–Trinajstić information content (AvgIpc) is 3.06. The summed E-state index contributed by atoms with van der Waals surface area (Å²) in [6.45, 7) is 0.0830. The standard InChI is InChI=1S/C17H13BrF2N2O2/c1-24-14-3-2-10(19)7-12(14)17(23)22-8-9-6-13(20)15(18)11-4-5-21-16(9)11/h2-7,21H,8H2,1H3,(H,22,23). The number of ether oxygens (including phenoxy) is 1. The zero-order chi connectivity index (χ0) is 17.3. The molecule has 124 valence electrons. The van der Waals surface area contributed by atoms with Crippen molar-refractivity contribution in [2.75, 3.05) is 7.11 Å². The molecular weight excluding hydrogens is 382 g/mol. The van der Waals surface area contributed by atoms with E-state index in [-0.39, 0.29) is 17.9 Å². The molecule has 0 radical (unpaired) electrons. The summed E-state index contributed by atoms with van der Waals surface area (Å²) in [6, 6.07) is 6.77. The maximum atomic E-state index is 14.0. The third kappa shape index (κ3) is 2.99. The molecule has 1 heterocycles. The number of aromatic amines is 1. The van der Waals surface area contributed by atoms with Gasteiger partial charge in [-0.2, -0.15) is 0 Å². The van der Waals surface area contributed by atoms with Gasteiger partial charge in [0.25, 0.3) is 5.91 Å². The van der Waals surface area contributed by atoms with Crippen molar-refractivity contribution in [2.24, 2.45) is 0 Å². The molecule has 3 rings (SSSR count). The summed E-state index contributed by atoms with van der Waals surface area (Å²) in [4.78, 5) is 15.3. The molecule has 0 aliphatic carbocycles. The van der Waals surface area contributed by atoms with Crippen LogP contribution in [0.3, 0.4) is 0 Å². The number of methoxy groups -OCH3 is 1. The van der Waals surface area contributed by atoms with E-state index in [4.69, 9.17) is 4.74 Å². The van der Waals surface area contributed by atoms with Crippen molar-refractivity contribution in [2.45, 2.75) is 6.54 Å². The Labute approximate surface area is 144 Å². The van der Waals surface area contributed by atoms with Crippen LogP contribution in [-0.2, 0) is 6.54 Å². The van der Waals surface area contributed by atoms with Crippen LogP contribution in [-0.4, -0.2) is 18.0 Å². The molecule has 7 heteroatoms. The maximum absolute atomic E-state index is 14.0. The molecule has 4 nitrogen and oxygen atoms in total. The Kier molecular flexibility index (Phi) is 4.53. The summed E-state index contributed by atoms with van der Waals surface area (Å²) in [5, 5.41) is 3.34. The second kappa shape index (κ2) is 6.60. The van der Waals surface area contributed by atoms with Gasteiger partial charge in [-0.1, -0.05) is 0 Å². The first-order valence-electron chi connectivity index (χ1n) is 7.07. The smallest absolute Gasteiger partial charge is 0.255 e. The van der Waals surface area contributed by atoms with E-state index in [0.29, 0.717) is 15.4 Å². The quantitative estimate of drug-likeness (QED) is 0.698. The Balaban J connectivity index is 1.87. The van der Waals surface area contributed by atoms with E-state index in [9.17, 15) is 13.6 Å². The van der Waals surface area contributed by atoms with Gasteiger partial charge in [0.1, 0.15) is 17.4 Å². The maximum Gasteiger partial charge on any atom is 0.255 e. The monoisotopic (exact) mass is 394 g/mol. The van der Waals surface area contributed by atoms with Crippen molar-refractivity contribution in [3.63, 3.8) is 0 Å². The summed E-state index contributed by atoms with van der Waals surface area (Å²) in [5.41, 5.74) is 1.38. The second-order valence-corrected chi connectivity index (χ2v) is 5.92. The van der Waals surface area contributed by atoms with Crippen LogP contribution in [0.4, 0.5) is 8.78 Å². The summed E-state index contributed by atoms with van der Waals surface area (Å²) in [6.07, 6.45) is 1.69. The molecule has 0 atom stereocenters. The average molecular weight is 395 g/mol. The van der Waals surface area contributed by atoms with Gasteiger partial charge in [0, 0.05) is 18.1 Å². The third-order valence-corrected chi connectivity index (χ3v) is 4.47. The first-order valence-corrected chi connectivity index (χ1v) is 7.86. The van der Waals surface area contributed by atoms with Gasteiger partial charge >= 0.3 is 0 Å². The number of halogens is 3. The number of hydrogen-bond acceptors (Lipinski definition) is 2. The zero-order valence-electron chi connectivity index (χ0n) is 12.6. The molecule has 0 spiro atoms. The number of hydrogen-bond donors (Lipinski definition) is 2. The van der Waals surface area contributed by atoms with Crippen LogP contribution in [0.2, 0.25) is 0 Å². The molecule has 0 fully saturated rings. The van der Waals surface area contributed by atoms with Gasteiger partial charge in [-0.05, 0) is 51.8 Å². The summed E-state index contributed by atoms with van der Waals surface area (Å²) in [7, 11) is 1.40. The SMILES string of the molecule is COc1ccc(F)cc1C(=O)NCc1cc(F)c(Br)c2cc[nH]c12. The van der Waals surface area contributed by atoms with Crippen LogP contribution in [0.15, 0.2) is 41.0 Å². The van der Waals surface area contributed by atoms with Gasteiger partial charge in [-0.15, -0.1) is 0 Å². The highest BCUT2D eigenvalue weighted by molar-refractivity contribution is 9.10. The topological polar surface area (TPSA) is 54.1 Å². The lowest BCUT2D eigenvalue weighted by Gasteiger charge is -2.11. The number of H-pyrrole nitrogens is 1. The molecule has 2 N–H and O–H groups in total. The Morgan fingerprint density at radius 1 is 1.29 bits per heavy atom. The molecule has 1 aromatic heterocycles. The van der Waals surface area contributed by atoms with Gasteiger partial charge in [0.15, 0.2) is 0 Å². The molecule has 1 amide bonds. The highest BCUT2D eigenvalue weighted by Crippen LogP contribution is 2.29. The van der Waals surface area contributed by atoms with Crippen LogP contribution in [0.25, 0.3) is 10.9 Å². The van der Waals surface area contributed by atoms with E-state index in [1.807, 2.05) is 0 Å². The number of fused-ring (bicyclic) bond motifs is 1. The first-order chi connectivity index (χ1) is 11.5. The number of aromatic nitrogens is 1. The van der Waals surface area contributed by atoms with Crippen LogP contribution < -0.4 is 10.1 Å². The lowest BCUT2D eigenvalue weighted by atomic mass is 10.1. The van der Waals surface area contributed by atoms with Gasteiger partial charge in [-0.25, -0.2) is 8.78 Å². The Morgan fingerprint density at radius 2 is 2.08 bits per heavy atom. The van der Waals surface area contributed by atoms with Crippen molar-refractivity contribution in [1.29, 1.82) is 0 Å². The number of benzene rings is 2. The van der Waals surface area contributed by atoms with E-state index >= 15 is 0 Å². The van der Waals surface area contributed by atoms with Crippen molar-refractivity contribution in [3.8, 4) is 5.75 Å². The highest BCUT2D eigenvalue weighted by atomic mass is 79.9. The van der Waals surface area contributed by atoms with E-state index in [1.54, 1.807) is 12.3 Å². The number of nitrogens with one attached hydrogen (secondary N) is 2. The highest BCUT2D eigenvalue weighted by Gasteiger charge is 2.15. The summed E-state index contributed by atoms with van der Waals surface area (Å²) >= 11 is 3.20. The minimum absolute atomic E-state index is 0.0813. The Bertz CT molecular complexity index is 924. The van der Waals surface area contributed by atoms with Crippen molar-refractivity contribution in [1.82, 2.24) is 10.3 Å². The number of amides is 1. The van der Waals surface area contributed by atoms with Crippen LogP contribution in [0.5, 0.6) is 5.75 Å². The van der Waals surface area contributed by atoms with Crippen molar-refractivity contribution in [3.05, 3.63) is 63.8 Å². The van der Waals surface area contributed by atoms with Crippen molar-refractivity contribution < 1.29 is 18.3 Å². The normalized spacial score (nSPS) is 10.8. The molecular formula is C17H13BrF2N2O2. The molecule has 0 aliphatic rings. The minimum Gasteiger partial charge on any atom is -0.496 e. The van der Waals surface area contributed by atoms with Gasteiger partial charge in [0.2, 0.25) is 0 Å². The fraction of sp³-hybridized carbons (Fsp3) is 0.118. The molecule has 2 aromatic carbocycles. The minimum atomic E-state index is -0.539. The zero-order valence-corrected chi connectivity index (χ0v) is 14.2. The Hall–Kier alpha value is -2.41. The number of rotatable bonds is 4. The molecule has 0 saturated carbocycles. The van der Waals surface area contributed by atoms with E-state index < -0.39 is 17.5 Å². The largest absolute Gasteiger partial charge is 0.496 e. The van der Waals surface area contributed by atoms with Gasteiger partial charge < -0.3 is 15.0 Å². The summed E-state index contributed by atoms with van der Waals surface area (Å²) < 4.78 is 32.8. The van der Waals surface area contributed by atoms with Crippen LogP contribution in [0, 0.1) is 11.6 Å². The van der Waals surface area contributed by atoms with Crippen LogP contribution in [0.1, 0.15) is 15.9 Å². The summed E-state index contributed by atoms with van der Waals surface area (Å²) in [5.74, 6) is -1.20. The van der Waals surface area contributed by atoms with Crippen molar-refractivity contribution >= 4 is 32.7 Å². The molecule has 0 unspecified atom stereocenters. The second-order valence-electron chi connectivity index (χ2n) is 5.13. The van der Waals surface area contributed by atoms with Crippen LogP contribution >= 0.6 is 15.9 Å². The Morgan fingerprint density at radius 3 is 2.83 bits per heavy atom. The fourth-order valence-corrected chi connectivity index (χ4v) is 2.95. The van der Waals surface area contributed by atoms with E-state index in [0.717, 1.165) is 11.6 Å². The number of carbonyl (C=O) groups excluding carboxylic acids is 1. The molecule has 0 saturated heterocycles. The first kappa shape index (κ1) is 16.4. The predicted octanol–water partition coefficient (Wildman–Crippen LogP) is 4.15. The number of carbonyl (C=O) groups is 1. The van der Waals surface area contributed by atoms with Gasteiger partial charge in [0.05, 0.1) is 22.7 Å². The lowest BCUT2D eigenvalue weighted by molar-refractivity contribution is 0.0947. The predicted molar refractivity (Wildman–Crippen MR) is 90.1 cm³/mol. The molecule has 24 heavy (non-hydrogen) atoms. The fourth-order valence-electron chi connectivity index (χ4n) is 2.50. The molecule has 0 aliphatic heterocycles. The van der Waals surface area contributed by atoms with E-state index in [1.165, 1.54) is 25.3 Å². The van der Waals surface area contributed by atoms with E-state index in [2.05, 4.69) is 26.2 Å².